The van der Waals surface area contributed by atoms with Gasteiger partial charge in [-0.3, -0.25) is 0 Å². The van der Waals surface area contributed by atoms with E-state index in [0.717, 1.165) is 24.3 Å². The summed E-state index contributed by atoms with van der Waals surface area (Å²) in [6.07, 6.45) is 2.02. The van der Waals surface area contributed by atoms with Crippen molar-refractivity contribution in [1.82, 2.24) is 0 Å². The van der Waals surface area contributed by atoms with E-state index in [9.17, 15) is 0 Å². The summed E-state index contributed by atoms with van der Waals surface area (Å²) in [7, 11) is 0. The maximum atomic E-state index is 6.10. The SMILES string of the molecule is CCCOc1cccc(NC(C)(C)CC)c1N. The minimum atomic E-state index is 0.0392. The van der Waals surface area contributed by atoms with Crippen molar-refractivity contribution in [2.24, 2.45) is 0 Å². The highest BCUT2D eigenvalue weighted by Gasteiger charge is 2.16. The Morgan fingerprint density at radius 3 is 2.59 bits per heavy atom. The van der Waals surface area contributed by atoms with Gasteiger partial charge in [0.15, 0.2) is 0 Å². The molecule has 0 atom stereocenters. The largest absolute Gasteiger partial charge is 0.491 e. The van der Waals surface area contributed by atoms with Crippen LogP contribution in [0.4, 0.5) is 11.4 Å². The molecule has 1 aromatic rings. The molecule has 0 bridgehead atoms. The van der Waals surface area contributed by atoms with E-state index in [4.69, 9.17) is 10.5 Å². The number of ether oxygens (including phenoxy) is 1. The number of hydrogen-bond donors (Lipinski definition) is 2. The van der Waals surface area contributed by atoms with Crippen molar-refractivity contribution in [2.75, 3.05) is 17.7 Å². The van der Waals surface area contributed by atoms with E-state index >= 15 is 0 Å². The normalized spacial score (nSPS) is 11.3. The van der Waals surface area contributed by atoms with Gasteiger partial charge in [-0.1, -0.05) is 19.9 Å². The number of nitrogen functional groups attached to an aromatic ring is 1. The Balaban J connectivity index is 2.86. The zero-order valence-electron chi connectivity index (χ0n) is 11.3. The molecule has 3 N–H and O–H groups in total. The minimum absolute atomic E-state index is 0.0392. The van der Waals surface area contributed by atoms with Gasteiger partial charge in [-0.15, -0.1) is 0 Å². The smallest absolute Gasteiger partial charge is 0.144 e. The molecule has 0 aliphatic heterocycles. The number of nitrogens with two attached hydrogens (primary N) is 1. The molecule has 0 saturated heterocycles. The predicted molar refractivity (Wildman–Crippen MR) is 74.6 cm³/mol. The van der Waals surface area contributed by atoms with Crippen molar-refractivity contribution in [3.8, 4) is 5.75 Å². The topological polar surface area (TPSA) is 47.3 Å². The molecular weight excluding hydrogens is 212 g/mol. The molecule has 0 aromatic heterocycles. The van der Waals surface area contributed by atoms with E-state index in [1.807, 2.05) is 18.2 Å². The summed E-state index contributed by atoms with van der Waals surface area (Å²) < 4.78 is 5.61. The van der Waals surface area contributed by atoms with Crippen LogP contribution in [-0.2, 0) is 0 Å². The standard InChI is InChI=1S/C14H24N2O/c1-5-10-17-12-9-7-8-11(13(12)15)16-14(3,4)6-2/h7-9,16H,5-6,10,15H2,1-4H3. The first-order valence-electron chi connectivity index (χ1n) is 6.29. The molecule has 0 spiro atoms. The number of nitrogens with one attached hydrogen (secondary N) is 1. The summed E-state index contributed by atoms with van der Waals surface area (Å²) >= 11 is 0. The van der Waals surface area contributed by atoms with Crippen LogP contribution in [0.15, 0.2) is 18.2 Å². The lowest BCUT2D eigenvalue weighted by molar-refractivity contribution is 0.319. The van der Waals surface area contributed by atoms with E-state index in [1.165, 1.54) is 0 Å². The Labute approximate surface area is 104 Å². The molecule has 17 heavy (non-hydrogen) atoms. The summed E-state index contributed by atoms with van der Waals surface area (Å²) in [6.45, 7) is 9.25. The molecular formula is C14H24N2O. The van der Waals surface area contributed by atoms with Gasteiger partial charge < -0.3 is 15.8 Å². The third kappa shape index (κ3) is 3.84. The number of anilines is 2. The average molecular weight is 236 g/mol. The van der Waals surface area contributed by atoms with Crippen LogP contribution in [0.1, 0.15) is 40.5 Å². The van der Waals surface area contributed by atoms with Crippen LogP contribution in [0.25, 0.3) is 0 Å². The van der Waals surface area contributed by atoms with Crippen LogP contribution in [0.2, 0.25) is 0 Å². The quantitative estimate of drug-likeness (QED) is 0.741. The highest BCUT2D eigenvalue weighted by Crippen LogP contribution is 2.31. The summed E-state index contributed by atoms with van der Waals surface area (Å²) in [4.78, 5) is 0. The summed E-state index contributed by atoms with van der Waals surface area (Å²) in [5.74, 6) is 0.767. The van der Waals surface area contributed by atoms with Crippen LogP contribution >= 0.6 is 0 Å². The van der Waals surface area contributed by atoms with Crippen LogP contribution in [0, 0.1) is 0 Å². The minimum Gasteiger partial charge on any atom is -0.491 e. The first kappa shape index (κ1) is 13.7. The molecule has 0 fully saturated rings. The molecule has 0 radical (unpaired) electrons. The van der Waals surface area contributed by atoms with Crippen molar-refractivity contribution >= 4 is 11.4 Å². The lowest BCUT2D eigenvalue weighted by atomic mass is 10.0. The lowest BCUT2D eigenvalue weighted by Crippen LogP contribution is -2.30. The highest BCUT2D eigenvalue weighted by molar-refractivity contribution is 5.73. The van der Waals surface area contributed by atoms with Gasteiger partial charge in [0.25, 0.3) is 0 Å². The fourth-order valence-corrected chi connectivity index (χ4v) is 1.44. The summed E-state index contributed by atoms with van der Waals surface area (Å²) in [6, 6.07) is 5.87. The van der Waals surface area contributed by atoms with Gasteiger partial charge in [0.2, 0.25) is 0 Å². The van der Waals surface area contributed by atoms with E-state index < -0.39 is 0 Å². The van der Waals surface area contributed by atoms with Gasteiger partial charge in [-0.25, -0.2) is 0 Å². The molecule has 96 valence electrons. The lowest BCUT2D eigenvalue weighted by Gasteiger charge is -2.27. The fraction of sp³-hybridized carbons (Fsp3) is 0.571. The number of para-hydroxylation sites is 1. The predicted octanol–water partition coefficient (Wildman–Crippen LogP) is 3.66. The molecule has 3 heteroatoms. The Bertz CT molecular complexity index is 361. The maximum Gasteiger partial charge on any atom is 0.144 e. The van der Waals surface area contributed by atoms with Gasteiger partial charge >= 0.3 is 0 Å². The van der Waals surface area contributed by atoms with Crippen molar-refractivity contribution < 1.29 is 4.74 Å². The van der Waals surface area contributed by atoms with Crippen molar-refractivity contribution in [3.05, 3.63) is 18.2 Å². The summed E-state index contributed by atoms with van der Waals surface area (Å²) in [5, 5.41) is 3.45. The van der Waals surface area contributed by atoms with Crippen molar-refractivity contribution in [1.29, 1.82) is 0 Å². The molecule has 3 nitrogen and oxygen atoms in total. The monoisotopic (exact) mass is 236 g/mol. The molecule has 0 aliphatic carbocycles. The molecule has 1 rings (SSSR count). The zero-order chi connectivity index (χ0) is 12.9. The Kier molecular flexibility index (Phi) is 4.67. The molecule has 0 amide bonds. The Hall–Kier alpha value is -1.38. The Morgan fingerprint density at radius 2 is 2.00 bits per heavy atom. The van der Waals surface area contributed by atoms with Crippen molar-refractivity contribution in [2.45, 2.75) is 46.1 Å². The third-order valence-corrected chi connectivity index (χ3v) is 2.88. The molecule has 1 aromatic carbocycles. The van der Waals surface area contributed by atoms with Gasteiger partial charge in [-0.05, 0) is 38.8 Å². The number of hydrogen-bond acceptors (Lipinski definition) is 3. The van der Waals surface area contributed by atoms with Gasteiger partial charge in [-0.2, -0.15) is 0 Å². The highest BCUT2D eigenvalue weighted by atomic mass is 16.5. The first-order valence-corrected chi connectivity index (χ1v) is 6.29. The molecule has 0 unspecified atom stereocenters. The van der Waals surface area contributed by atoms with Crippen LogP contribution in [-0.4, -0.2) is 12.1 Å². The number of benzene rings is 1. The van der Waals surface area contributed by atoms with Gasteiger partial charge in [0, 0.05) is 5.54 Å². The summed E-state index contributed by atoms with van der Waals surface area (Å²) in [5.41, 5.74) is 7.78. The molecule has 0 saturated carbocycles. The number of rotatable bonds is 6. The van der Waals surface area contributed by atoms with E-state index in [0.29, 0.717) is 12.3 Å². The van der Waals surface area contributed by atoms with Gasteiger partial charge in [0.05, 0.1) is 18.0 Å². The first-order chi connectivity index (χ1) is 8.00. The van der Waals surface area contributed by atoms with E-state index in [-0.39, 0.29) is 5.54 Å². The second-order valence-electron chi connectivity index (χ2n) is 4.93. The molecule has 0 aliphatic rings. The van der Waals surface area contributed by atoms with E-state index in [2.05, 4.69) is 33.0 Å². The van der Waals surface area contributed by atoms with Crippen LogP contribution in [0.5, 0.6) is 5.75 Å². The fourth-order valence-electron chi connectivity index (χ4n) is 1.44. The zero-order valence-corrected chi connectivity index (χ0v) is 11.3. The van der Waals surface area contributed by atoms with Crippen molar-refractivity contribution in [3.63, 3.8) is 0 Å². The average Bonchev–Trinajstić information content (AvgIpc) is 2.30. The van der Waals surface area contributed by atoms with E-state index in [1.54, 1.807) is 0 Å². The second kappa shape index (κ2) is 5.80. The van der Waals surface area contributed by atoms with Crippen LogP contribution < -0.4 is 15.8 Å². The molecule has 0 heterocycles. The van der Waals surface area contributed by atoms with Crippen LogP contribution in [0.3, 0.4) is 0 Å². The second-order valence-corrected chi connectivity index (χ2v) is 4.93. The van der Waals surface area contributed by atoms with Gasteiger partial charge in [0.1, 0.15) is 5.75 Å². The Morgan fingerprint density at radius 1 is 1.29 bits per heavy atom. The maximum absolute atomic E-state index is 6.10. The third-order valence-electron chi connectivity index (χ3n) is 2.88.